The third kappa shape index (κ3) is 4.23. The number of hydrogen-bond acceptors (Lipinski definition) is 2. The van der Waals surface area contributed by atoms with Crippen molar-refractivity contribution >= 4 is 32.7 Å². The fraction of sp³-hybridized carbons (Fsp3) is 0.0638. The minimum Gasteiger partial charge on any atom is -0.292 e. The summed E-state index contributed by atoms with van der Waals surface area (Å²) in [5.74, 6) is 0.941. The Morgan fingerprint density at radius 2 is 1.10 bits per heavy atom. The lowest BCUT2D eigenvalue weighted by Gasteiger charge is -2.24. The highest BCUT2D eigenvalue weighted by Gasteiger charge is 2.37. The van der Waals surface area contributed by atoms with Crippen molar-refractivity contribution in [2.75, 3.05) is 0 Å². The van der Waals surface area contributed by atoms with E-state index in [1.54, 1.807) is 0 Å². The molecule has 1 aliphatic rings. The Morgan fingerprint density at radius 3 is 1.90 bits per heavy atom. The van der Waals surface area contributed by atoms with Gasteiger partial charge < -0.3 is 0 Å². The zero-order valence-corrected chi connectivity index (χ0v) is 27.9. The summed E-state index contributed by atoms with van der Waals surface area (Å²) in [5, 5.41) is 3.70. The van der Waals surface area contributed by atoms with E-state index in [0.717, 1.165) is 44.9 Å². The van der Waals surface area contributed by atoms with Crippen LogP contribution in [0.25, 0.3) is 83.3 Å². The van der Waals surface area contributed by atoms with Gasteiger partial charge in [0.2, 0.25) is 0 Å². The monoisotopic (exact) mass is 639 g/mol. The van der Waals surface area contributed by atoms with Gasteiger partial charge in [-0.15, -0.1) is 0 Å². The van der Waals surface area contributed by atoms with E-state index in [1.165, 1.54) is 49.5 Å². The largest absolute Gasteiger partial charge is 0.292 e. The Kier molecular flexibility index (Phi) is 6.22. The number of para-hydroxylation sites is 3. The van der Waals surface area contributed by atoms with Crippen molar-refractivity contribution in [3.05, 3.63) is 175 Å². The van der Waals surface area contributed by atoms with Crippen LogP contribution in [0.2, 0.25) is 0 Å². The summed E-state index contributed by atoms with van der Waals surface area (Å²) in [5.41, 5.74) is 15.0. The highest BCUT2D eigenvalue weighted by atomic mass is 15.1. The van der Waals surface area contributed by atoms with Crippen LogP contribution in [0.3, 0.4) is 0 Å². The first-order valence-corrected chi connectivity index (χ1v) is 17.3. The molecule has 0 amide bonds. The zero-order valence-electron chi connectivity index (χ0n) is 27.9. The van der Waals surface area contributed by atoms with Crippen LogP contribution in [-0.2, 0) is 5.41 Å². The topological polar surface area (TPSA) is 30.7 Å². The van der Waals surface area contributed by atoms with E-state index in [2.05, 4.69) is 170 Å². The zero-order chi connectivity index (χ0) is 33.4. The van der Waals surface area contributed by atoms with Crippen molar-refractivity contribution in [2.24, 2.45) is 0 Å². The van der Waals surface area contributed by atoms with Crippen molar-refractivity contribution in [1.82, 2.24) is 14.5 Å². The molecule has 2 heterocycles. The SMILES string of the molecule is CC1(C)c2ccccc2-c2ccc3c(c(-c4ccc(-c5ccc(-n6c(-c7ccccc7)nc7ccccc76)cc5)cc4)nc4ccccc43)c21. The van der Waals surface area contributed by atoms with E-state index in [1.807, 2.05) is 12.1 Å². The number of nitrogens with zero attached hydrogens (tertiary/aromatic N) is 3. The lowest BCUT2D eigenvalue weighted by atomic mass is 9.79. The number of hydrogen-bond donors (Lipinski definition) is 0. The van der Waals surface area contributed by atoms with Gasteiger partial charge in [-0.1, -0.05) is 147 Å². The van der Waals surface area contributed by atoms with E-state index in [0.29, 0.717) is 0 Å². The van der Waals surface area contributed by atoms with Gasteiger partial charge in [0.15, 0.2) is 0 Å². The predicted octanol–water partition coefficient (Wildman–Crippen LogP) is 12.0. The third-order valence-electron chi connectivity index (χ3n) is 10.6. The summed E-state index contributed by atoms with van der Waals surface area (Å²) in [6, 6.07) is 58.6. The minimum atomic E-state index is -0.146. The maximum atomic E-state index is 5.37. The fourth-order valence-electron chi connectivity index (χ4n) is 8.22. The first-order valence-electron chi connectivity index (χ1n) is 17.3. The summed E-state index contributed by atoms with van der Waals surface area (Å²) in [6.45, 7) is 4.72. The Labute approximate surface area is 291 Å². The molecule has 3 heteroatoms. The molecule has 0 radical (unpaired) electrons. The summed E-state index contributed by atoms with van der Waals surface area (Å²) in [6.07, 6.45) is 0. The molecule has 0 saturated carbocycles. The second kappa shape index (κ2) is 10.8. The van der Waals surface area contributed by atoms with Gasteiger partial charge in [-0.3, -0.25) is 4.57 Å². The summed E-state index contributed by atoms with van der Waals surface area (Å²) < 4.78 is 2.26. The molecule has 3 nitrogen and oxygen atoms in total. The van der Waals surface area contributed by atoms with Crippen LogP contribution in [-0.4, -0.2) is 14.5 Å². The standard InChI is InChI=1S/C47H33N3/c1-47(2)39-16-8-6-14-35(39)38-29-28-37-36-15-7-9-17-40(36)48-45(43(37)44(38)47)32-22-20-30(21-23-32)31-24-26-34(27-25-31)50-42-19-11-10-18-41(42)49-46(50)33-12-4-3-5-13-33/h3-29H,1-2H3. The second-order valence-corrected chi connectivity index (χ2v) is 13.8. The average Bonchev–Trinajstić information content (AvgIpc) is 3.68. The first kappa shape index (κ1) is 28.7. The molecule has 10 rings (SSSR count). The summed E-state index contributed by atoms with van der Waals surface area (Å²) in [4.78, 5) is 10.4. The van der Waals surface area contributed by atoms with E-state index < -0.39 is 0 Å². The molecule has 50 heavy (non-hydrogen) atoms. The molecule has 0 atom stereocenters. The fourth-order valence-corrected chi connectivity index (χ4v) is 8.22. The van der Waals surface area contributed by atoms with E-state index in [-0.39, 0.29) is 5.41 Å². The van der Waals surface area contributed by atoms with Crippen molar-refractivity contribution in [3.8, 4) is 50.6 Å². The van der Waals surface area contributed by atoms with Gasteiger partial charge in [0.1, 0.15) is 5.82 Å². The Morgan fingerprint density at radius 1 is 0.460 bits per heavy atom. The average molecular weight is 640 g/mol. The molecule has 0 aliphatic heterocycles. The molecule has 2 aromatic heterocycles. The summed E-state index contributed by atoms with van der Waals surface area (Å²) in [7, 11) is 0. The van der Waals surface area contributed by atoms with Crippen molar-refractivity contribution in [2.45, 2.75) is 19.3 Å². The number of benzene rings is 7. The van der Waals surface area contributed by atoms with Crippen molar-refractivity contribution in [3.63, 3.8) is 0 Å². The molecule has 0 spiro atoms. The lowest BCUT2D eigenvalue weighted by molar-refractivity contribution is 0.666. The second-order valence-electron chi connectivity index (χ2n) is 13.8. The highest BCUT2D eigenvalue weighted by Crippen LogP contribution is 2.53. The Bertz CT molecular complexity index is 2750. The smallest absolute Gasteiger partial charge is 0.145 e. The van der Waals surface area contributed by atoms with E-state index in [4.69, 9.17) is 9.97 Å². The van der Waals surface area contributed by atoms with Crippen LogP contribution in [0.5, 0.6) is 0 Å². The van der Waals surface area contributed by atoms with Crippen LogP contribution >= 0.6 is 0 Å². The van der Waals surface area contributed by atoms with Crippen molar-refractivity contribution in [1.29, 1.82) is 0 Å². The third-order valence-corrected chi connectivity index (χ3v) is 10.6. The number of fused-ring (bicyclic) bond motifs is 8. The maximum absolute atomic E-state index is 5.37. The van der Waals surface area contributed by atoms with Crippen molar-refractivity contribution < 1.29 is 0 Å². The molecule has 9 aromatic rings. The van der Waals surface area contributed by atoms with Crippen LogP contribution in [0, 0.1) is 0 Å². The van der Waals surface area contributed by atoms with E-state index >= 15 is 0 Å². The molecular formula is C47H33N3. The van der Waals surface area contributed by atoms with Gasteiger partial charge in [-0.25, -0.2) is 9.97 Å². The predicted molar refractivity (Wildman–Crippen MR) is 208 cm³/mol. The quantitative estimate of drug-likeness (QED) is 0.179. The number of pyridine rings is 1. The number of rotatable bonds is 4. The molecule has 1 aliphatic carbocycles. The van der Waals surface area contributed by atoms with Gasteiger partial charge in [0.05, 0.1) is 22.2 Å². The Hall–Kier alpha value is -6.32. The van der Waals surface area contributed by atoms with Crippen LogP contribution in [0.1, 0.15) is 25.0 Å². The normalized spacial score (nSPS) is 13.2. The molecule has 0 unspecified atom stereocenters. The molecular weight excluding hydrogens is 607 g/mol. The van der Waals surface area contributed by atoms with Gasteiger partial charge in [0, 0.05) is 33.0 Å². The number of imidazole rings is 1. The lowest BCUT2D eigenvalue weighted by Crippen LogP contribution is -2.16. The molecule has 236 valence electrons. The number of aromatic nitrogens is 3. The van der Waals surface area contributed by atoms with Gasteiger partial charge in [-0.05, 0) is 69.1 Å². The van der Waals surface area contributed by atoms with Gasteiger partial charge >= 0.3 is 0 Å². The van der Waals surface area contributed by atoms with Gasteiger partial charge in [-0.2, -0.15) is 0 Å². The van der Waals surface area contributed by atoms with Crippen LogP contribution in [0.15, 0.2) is 164 Å². The highest BCUT2D eigenvalue weighted by molar-refractivity contribution is 6.15. The maximum Gasteiger partial charge on any atom is 0.145 e. The first-order chi connectivity index (χ1) is 24.6. The molecule has 0 fully saturated rings. The molecule has 7 aromatic carbocycles. The minimum absolute atomic E-state index is 0.146. The van der Waals surface area contributed by atoms with Crippen LogP contribution in [0.4, 0.5) is 0 Å². The molecule has 0 bridgehead atoms. The molecule has 0 saturated heterocycles. The molecule has 0 N–H and O–H groups in total. The van der Waals surface area contributed by atoms with Crippen LogP contribution < -0.4 is 0 Å². The van der Waals surface area contributed by atoms with Gasteiger partial charge in [0.25, 0.3) is 0 Å². The Balaban J connectivity index is 1.08. The van der Waals surface area contributed by atoms with E-state index in [9.17, 15) is 0 Å². The summed E-state index contributed by atoms with van der Waals surface area (Å²) >= 11 is 0.